The maximum absolute atomic E-state index is 11.2. The second-order valence-electron chi connectivity index (χ2n) is 2.37. The third kappa shape index (κ3) is 2.26. The molecule has 1 aliphatic heterocycles. The van der Waals surface area contributed by atoms with Gasteiger partial charge >= 0.3 is 5.97 Å². The minimum Gasteiger partial charge on any atom is -0.462 e. The van der Waals surface area contributed by atoms with Crippen LogP contribution in [-0.4, -0.2) is 24.2 Å². The van der Waals surface area contributed by atoms with Crippen molar-refractivity contribution in [2.24, 2.45) is 0 Å². The first-order valence-electron chi connectivity index (χ1n) is 3.93. The van der Waals surface area contributed by atoms with E-state index in [1.807, 2.05) is 0 Å². The van der Waals surface area contributed by atoms with Crippen LogP contribution >= 0.6 is 11.8 Å². The fourth-order valence-corrected chi connectivity index (χ4v) is 1.67. The topological polar surface area (TPSA) is 79.2 Å². The van der Waals surface area contributed by atoms with Gasteiger partial charge in [-0.25, -0.2) is 4.79 Å². The molecule has 0 radical (unpaired) electrons. The van der Waals surface area contributed by atoms with Crippen LogP contribution in [0.3, 0.4) is 0 Å². The number of esters is 1. The fourth-order valence-electron chi connectivity index (χ4n) is 0.864. The van der Waals surface area contributed by atoms with Gasteiger partial charge in [0.1, 0.15) is 11.1 Å². The zero-order valence-electron chi connectivity index (χ0n) is 7.49. The van der Waals surface area contributed by atoms with Crippen molar-refractivity contribution in [3.8, 4) is 6.07 Å². The maximum atomic E-state index is 11.2. The average molecular weight is 212 g/mol. The quantitative estimate of drug-likeness (QED) is 0.400. The molecule has 1 rings (SSSR count). The first-order valence-corrected chi connectivity index (χ1v) is 4.91. The van der Waals surface area contributed by atoms with E-state index in [0.29, 0.717) is 0 Å². The number of amides is 1. The zero-order valence-corrected chi connectivity index (χ0v) is 8.31. The SMILES string of the molecule is CCOC(=O)/C(C#N)=C1/NC(=O)CS1. The molecule has 0 aromatic carbocycles. The molecule has 0 unspecified atom stereocenters. The summed E-state index contributed by atoms with van der Waals surface area (Å²) in [5.41, 5.74) is -0.136. The molecule has 0 bridgehead atoms. The van der Waals surface area contributed by atoms with Crippen LogP contribution in [0.15, 0.2) is 10.6 Å². The Bertz CT molecular complexity index is 343. The molecular formula is C8H8N2O3S. The van der Waals surface area contributed by atoms with Crippen molar-refractivity contribution >= 4 is 23.6 Å². The van der Waals surface area contributed by atoms with E-state index in [2.05, 4.69) is 10.1 Å². The minimum atomic E-state index is -0.695. The Balaban J connectivity index is 2.86. The highest BCUT2D eigenvalue weighted by molar-refractivity contribution is 8.04. The van der Waals surface area contributed by atoms with Crippen LogP contribution in [0.4, 0.5) is 0 Å². The normalized spacial score (nSPS) is 18.4. The molecule has 1 aliphatic rings. The first-order chi connectivity index (χ1) is 6.69. The van der Waals surface area contributed by atoms with Crippen molar-refractivity contribution in [3.05, 3.63) is 10.6 Å². The zero-order chi connectivity index (χ0) is 10.6. The summed E-state index contributed by atoms with van der Waals surface area (Å²) in [6.07, 6.45) is 0. The van der Waals surface area contributed by atoms with Gasteiger partial charge in [-0.15, -0.1) is 0 Å². The van der Waals surface area contributed by atoms with Crippen LogP contribution < -0.4 is 5.32 Å². The highest BCUT2D eigenvalue weighted by atomic mass is 32.2. The van der Waals surface area contributed by atoms with Crippen LogP contribution in [0.2, 0.25) is 0 Å². The lowest BCUT2D eigenvalue weighted by Gasteiger charge is -2.01. The smallest absolute Gasteiger partial charge is 0.351 e. The summed E-state index contributed by atoms with van der Waals surface area (Å²) in [6, 6.07) is 1.72. The molecule has 5 nitrogen and oxygen atoms in total. The Morgan fingerprint density at radius 2 is 2.50 bits per heavy atom. The predicted octanol–water partition coefficient (Wildman–Crippen LogP) is 0.148. The third-order valence-corrected chi connectivity index (χ3v) is 2.42. The van der Waals surface area contributed by atoms with Gasteiger partial charge in [-0.05, 0) is 6.92 Å². The fraction of sp³-hybridized carbons (Fsp3) is 0.375. The molecule has 0 aliphatic carbocycles. The maximum Gasteiger partial charge on any atom is 0.351 e. The van der Waals surface area contributed by atoms with Gasteiger partial charge in [-0.3, -0.25) is 4.79 Å². The molecule has 1 N–H and O–H groups in total. The van der Waals surface area contributed by atoms with Gasteiger partial charge in [0, 0.05) is 0 Å². The molecule has 1 amide bonds. The number of nitriles is 1. The van der Waals surface area contributed by atoms with E-state index in [-0.39, 0.29) is 28.9 Å². The van der Waals surface area contributed by atoms with Gasteiger partial charge in [-0.2, -0.15) is 5.26 Å². The van der Waals surface area contributed by atoms with Crippen molar-refractivity contribution in [1.29, 1.82) is 5.26 Å². The molecule has 0 aromatic rings. The van der Waals surface area contributed by atoms with Gasteiger partial charge in [-0.1, -0.05) is 11.8 Å². The minimum absolute atomic E-state index is 0.136. The summed E-state index contributed by atoms with van der Waals surface area (Å²) < 4.78 is 4.66. The van der Waals surface area contributed by atoms with Crippen LogP contribution in [0.25, 0.3) is 0 Å². The lowest BCUT2D eigenvalue weighted by Crippen LogP contribution is -2.18. The van der Waals surface area contributed by atoms with E-state index in [0.717, 1.165) is 11.8 Å². The highest BCUT2D eigenvalue weighted by Crippen LogP contribution is 2.22. The summed E-state index contributed by atoms with van der Waals surface area (Å²) in [6.45, 7) is 1.85. The van der Waals surface area contributed by atoms with Gasteiger partial charge < -0.3 is 10.1 Å². The summed E-state index contributed by atoms with van der Waals surface area (Å²) in [5, 5.41) is 11.4. The number of carbonyl (C=O) groups excluding carboxylic acids is 2. The standard InChI is InChI=1S/C8H8N2O3S/c1-2-13-8(12)5(3-9)7-10-6(11)4-14-7/h2,4H2,1H3,(H,10,11)/b7-5-. The molecule has 14 heavy (non-hydrogen) atoms. The van der Waals surface area contributed by atoms with Crippen molar-refractivity contribution in [1.82, 2.24) is 5.32 Å². The van der Waals surface area contributed by atoms with E-state index in [9.17, 15) is 9.59 Å². The summed E-state index contributed by atoms with van der Waals surface area (Å²) in [5.74, 6) is -0.665. The van der Waals surface area contributed by atoms with E-state index in [4.69, 9.17) is 5.26 Å². The van der Waals surface area contributed by atoms with Crippen LogP contribution in [0.1, 0.15) is 6.92 Å². The monoisotopic (exact) mass is 212 g/mol. The van der Waals surface area contributed by atoms with E-state index in [1.54, 1.807) is 13.0 Å². The molecule has 1 saturated heterocycles. The Morgan fingerprint density at radius 3 is 2.93 bits per heavy atom. The van der Waals surface area contributed by atoms with Crippen LogP contribution in [0, 0.1) is 11.3 Å². The Hall–Kier alpha value is -1.48. The van der Waals surface area contributed by atoms with Gasteiger partial charge in [0.05, 0.1) is 12.4 Å². The largest absolute Gasteiger partial charge is 0.462 e. The second-order valence-corrected chi connectivity index (χ2v) is 3.36. The molecule has 74 valence electrons. The Morgan fingerprint density at radius 1 is 1.79 bits per heavy atom. The van der Waals surface area contributed by atoms with Crippen LogP contribution in [0.5, 0.6) is 0 Å². The number of ether oxygens (including phenoxy) is 1. The molecule has 0 saturated carbocycles. The first kappa shape index (κ1) is 10.6. The lowest BCUT2D eigenvalue weighted by molar-refractivity contribution is -0.138. The predicted molar refractivity (Wildman–Crippen MR) is 49.9 cm³/mol. The number of rotatable bonds is 2. The highest BCUT2D eigenvalue weighted by Gasteiger charge is 2.24. The number of carbonyl (C=O) groups is 2. The number of nitrogens with one attached hydrogen (secondary N) is 1. The lowest BCUT2D eigenvalue weighted by atomic mass is 10.3. The summed E-state index contributed by atoms with van der Waals surface area (Å²) >= 11 is 1.13. The van der Waals surface area contributed by atoms with Gasteiger partial charge in [0.15, 0.2) is 5.57 Å². The average Bonchev–Trinajstić information content (AvgIpc) is 2.54. The number of hydrogen-bond donors (Lipinski definition) is 1. The third-order valence-electron chi connectivity index (χ3n) is 1.42. The van der Waals surface area contributed by atoms with Crippen molar-refractivity contribution in [3.63, 3.8) is 0 Å². The molecule has 0 atom stereocenters. The number of hydrogen-bond acceptors (Lipinski definition) is 5. The van der Waals surface area contributed by atoms with E-state index < -0.39 is 5.97 Å². The van der Waals surface area contributed by atoms with E-state index in [1.165, 1.54) is 0 Å². The molecule has 1 fully saturated rings. The van der Waals surface area contributed by atoms with E-state index >= 15 is 0 Å². The molecule has 0 aromatic heterocycles. The van der Waals surface area contributed by atoms with Crippen molar-refractivity contribution in [2.45, 2.75) is 6.92 Å². The molecule has 1 heterocycles. The summed E-state index contributed by atoms with van der Waals surface area (Å²) in [7, 11) is 0. The van der Waals surface area contributed by atoms with Gasteiger partial charge in [0.2, 0.25) is 5.91 Å². The Labute approximate surface area is 85.1 Å². The Kier molecular flexibility index (Phi) is 3.54. The number of thioether (sulfide) groups is 1. The molecular weight excluding hydrogens is 204 g/mol. The van der Waals surface area contributed by atoms with Crippen LogP contribution in [-0.2, 0) is 14.3 Å². The number of nitrogens with zero attached hydrogens (tertiary/aromatic N) is 1. The summed E-state index contributed by atoms with van der Waals surface area (Å²) in [4.78, 5) is 22.0. The molecule has 6 heteroatoms. The van der Waals surface area contributed by atoms with Crippen molar-refractivity contribution < 1.29 is 14.3 Å². The van der Waals surface area contributed by atoms with Gasteiger partial charge in [0.25, 0.3) is 0 Å². The molecule has 0 spiro atoms. The second kappa shape index (κ2) is 4.67. The van der Waals surface area contributed by atoms with Crippen molar-refractivity contribution in [2.75, 3.05) is 12.4 Å².